The Morgan fingerprint density at radius 2 is 1.40 bits per heavy atom. The fourth-order valence-corrected chi connectivity index (χ4v) is 2.05. The van der Waals surface area contributed by atoms with Crippen LogP contribution in [0, 0.1) is 6.92 Å². The Morgan fingerprint density at radius 1 is 1.00 bits per heavy atom. The summed E-state index contributed by atoms with van der Waals surface area (Å²) in [6, 6.07) is 4.31. The highest BCUT2D eigenvalue weighted by molar-refractivity contribution is 7.40. The molecule has 0 N–H and O–H groups in total. The monoisotopic (exact) mass is 188 g/mol. The molecule has 0 aliphatic carbocycles. The minimum absolute atomic E-state index is 1.26. The summed E-state index contributed by atoms with van der Waals surface area (Å²) in [5.74, 6) is 0. The van der Waals surface area contributed by atoms with E-state index in [1.165, 1.54) is 21.5 Å². The smallest absolute Gasteiger partial charge is 0.0160 e. The summed E-state index contributed by atoms with van der Waals surface area (Å²) < 4.78 is 0. The van der Waals surface area contributed by atoms with Crippen LogP contribution in [0.15, 0.2) is 12.1 Å². The highest BCUT2D eigenvalue weighted by Gasteiger charge is 1.96. The lowest BCUT2D eigenvalue weighted by Gasteiger charge is -2.04. The molecule has 0 radical (unpaired) electrons. The molecular weight excluding hydrogens is 177 g/mol. The maximum absolute atomic E-state index is 2.73. The van der Waals surface area contributed by atoms with Crippen LogP contribution >= 0.6 is 27.7 Å². The zero-order valence-electron chi connectivity index (χ0n) is 5.89. The fraction of sp³-hybridized carbons (Fsp3) is 0.143. The van der Waals surface area contributed by atoms with Gasteiger partial charge in [-0.1, -0.05) is 12.1 Å². The molecule has 3 heteroatoms. The zero-order valence-corrected chi connectivity index (χ0v) is 9.35. The maximum Gasteiger partial charge on any atom is -0.0160 e. The van der Waals surface area contributed by atoms with Crippen LogP contribution in [0.3, 0.4) is 0 Å². The molecule has 1 rings (SSSR count). The average molecular weight is 188 g/mol. The third kappa shape index (κ3) is 1.76. The standard InChI is InChI=1S/C7H11P3/c1-4-2-5(8)7(10)6(9)3-4/h2-3H,8-10H2,1H3. The first-order valence-corrected chi connectivity index (χ1v) is 4.75. The molecule has 0 saturated heterocycles. The predicted octanol–water partition coefficient (Wildman–Crippen LogP) is 0.496. The average Bonchev–Trinajstić information content (AvgIpc) is 1.82. The van der Waals surface area contributed by atoms with Crippen molar-refractivity contribution in [1.29, 1.82) is 0 Å². The van der Waals surface area contributed by atoms with Gasteiger partial charge in [-0.05, 0) is 28.4 Å². The van der Waals surface area contributed by atoms with Crippen molar-refractivity contribution in [3.8, 4) is 0 Å². The third-order valence-corrected chi connectivity index (χ3v) is 3.68. The predicted molar refractivity (Wildman–Crippen MR) is 59.2 cm³/mol. The second kappa shape index (κ2) is 3.27. The maximum atomic E-state index is 2.73. The van der Waals surface area contributed by atoms with Crippen LogP contribution in [0.4, 0.5) is 0 Å². The number of benzene rings is 1. The zero-order chi connectivity index (χ0) is 7.72. The largest absolute Gasteiger partial charge is 0.105 e. The highest BCUT2D eigenvalue weighted by atomic mass is 31.0. The molecule has 0 saturated carbocycles. The molecule has 0 aliphatic rings. The highest BCUT2D eigenvalue weighted by Crippen LogP contribution is 1.99. The fourth-order valence-electron chi connectivity index (χ4n) is 0.854. The van der Waals surface area contributed by atoms with E-state index < -0.39 is 0 Å². The first-order chi connectivity index (χ1) is 4.61. The summed E-state index contributed by atoms with van der Waals surface area (Å²) in [4.78, 5) is 0. The Morgan fingerprint density at radius 3 is 1.80 bits per heavy atom. The Hall–Kier alpha value is 0.510. The Bertz CT molecular complexity index is 232. The molecule has 0 fully saturated rings. The van der Waals surface area contributed by atoms with Gasteiger partial charge in [0.2, 0.25) is 0 Å². The van der Waals surface area contributed by atoms with Crippen LogP contribution in [-0.4, -0.2) is 0 Å². The van der Waals surface area contributed by atoms with Crippen LogP contribution in [-0.2, 0) is 0 Å². The van der Waals surface area contributed by atoms with Crippen molar-refractivity contribution in [2.45, 2.75) is 6.92 Å². The molecule has 1 aromatic carbocycles. The lowest BCUT2D eigenvalue weighted by Crippen LogP contribution is -2.23. The molecule has 0 aliphatic heterocycles. The molecule has 3 atom stereocenters. The van der Waals surface area contributed by atoms with Crippen molar-refractivity contribution >= 4 is 43.6 Å². The number of hydrogen-bond donors (Lipinski definition) is 0. The second-order valence-corrected chi connectivity index (χ2v) is 4.18. The van der Waals surface area contributed by atoms with Crippen LogP contribution < -0.4 is 15.9 Å². The Labute approximate surface area is 68.8 Å². The van der Waals surface area contributed by atoms with Crippen LogP contribution in [0.2, 0.25) is 0 Å². The topological polar surface area (TPSA) is 0 Å². The second-order valence-electron chi connectivity index (χ2n) is 2.36. The molecule has 0 bridgehead atoms. The van der Waals surface area contributed by atoms with Crippen molar-refractivity contribution in [2.24, 2.45) is 0 Å². The van der Waals surface area contributed by atoms with E-state index in [0.717, 1.165) is 0 Å². The summed E-state index contributed by atoms with van der Waals surface area (Å²) >= 11 is 0. The van der Waals surface area contributed by atoms with Crippen LogP contribution in [0.5, 0.6) is 0 Å². The summed E-state index contributed by atoms with van der Waals surface area (Å²) in [6.07, 6.45) is 0. The summed E-state index contributed by atoms with van der Waals surface area (Å²) in [6.45, 7) is 2.10. The molecular formula is C7H11P3. The van der Waals surface area contributed by atoms with E-state index in [0.29, 0.717) is 0 Å². The van der Waals surface area contributed by atoms with Crippen molar-refractivity contribution < 1.29 is 0 Å². The minimum atomic E-state index is 1.26. The van der Waals surface area contributed by atoms with Crippen LogP contribution in [0.25, 0.3) is 0 Å². The van der Waals surface area contributed by atoms with Gasteiger partial charge in [0.25, 0.3) is 0 Å². The Balaban J connectivity index is 3.31. The van der Waals surface area contributed by atoms with Crippen LogP contribution in [0.1, 0.15) is 5.56 Å². The van der Waals surface area contributed by atoms with Gasteiger partial charge in [-0.2, -0.15) is 0 Å². The van der Waals surface area contributed by atoms with Gasteiger partial charge in [0.15, 0.2) is 0 Å². The number of hydrogen-bond acceptors (Lipinski definition) is 0. The molecule has 0 aromatic heterocycles. The number of aryl methyl sites for hydroxylation is 1. The van der Waals surface area contributed by atoms with E-state index in [1.54, 1.807) is 0 Å². The van der Waals surface area contributed by atoms with E-state index in [1.807, 2.05) is 0 Å². The summed E-state index contributed by atoms with van der Waals surface area (Å²) in [5, 5.41) is 3.78. The van der Waals surface area contributed by atoms with E-state index in [9.17, 15) is 0 Å². The molecule has 1 aromatic rings. The van der Waals surface area contributed by atoms with Gasteiger partial charge in [-0.3, -0.25) is 0 Å². The minimum Gasteiger partial charge on any atom is -0.105 e. The van der Waals surface area contributed by atoms with Crippen molar-refractivity contribution in [3.63, 3.8) is 0 Å². The number of rotatable bonds is 0. The van der Waals surface area contributed by atoms with E-state index in [4.69, 9.17) is 0 Å². The van der Waals surface area contributed by atoms with Crippen molar-refractivity contribution in [3.05, 3.63) is 17.7 Å². The van der Waals surface area contributed by atoms with Crippen molar-refractivity contribution in [2.75, 3.05) is 0 Å². The van der Waals surface area contributed by atoms with Gasteiger partial charge in [0, 0.05) is 0 Å². The van der Waals surface area contributed by atoms with Crippen molar-refractivity contribution in [1.82, 2.24) is 0 Å². The molecule has 0 amide bonds. The SMILES string of the molecule is Cc1cc(P)c(P)c(P)c1. The third-order valence-electron chi connectivity index (χ3n) is 1.39. The molecule has 0 heterocycles. The van der Waals surface area contributed by atoms with Gasteiger partial charge >= 0.3 is 0 Å². The summed E-state index contributed by atoms with van der Waals surface area (Å²) in [7, 11) is 8.17. The first kappa shape index (κ1) is 8.61. The molecule has 0 nitrogen and oxygen atoms in total. The van der Waals surface area contributed by atoms with E-state index in [-0.39, 0.29) is 0 Å². The summed E-state index contributed by atoms with van der Waals surface area (Å²) in [5.41, 5.74) is 1.31. The van der Waals surface area contributed by atoms with Gasteiger partial charge in [0.05, 0.1) is 0 Å². The molecule has 54 valence electrons. The quantitative estimate of drug-likeness (QED) is 0.520. The van der Waals surface area contributed by atoms with E-state index in [2.05, 4.69) is 46.8 Å². The van der Waals surface area contributed by atoms with Gasteiger partial charge in [0.1, 0.15) is 0 Å². The van der Waals surface area contributed by atoms with E-state index >= 15 is 0 Å². The normalized spacial score (nSPS) is 10.0. The van der Waals surface area contributed by atoms with Gasteiger partial charge < -0.3 is 0 Å². The molecule has 10 heavy (non-hydrogen) atoms. The van der Waals surface area contributed by atoms with Gasteiger partial charge in [-0.15, -0.1) is 27.7 Å². The Kier molecular flexibility index (Phi) is 2.81. The lowest BCUT2D eigenvalue weighted by molar-refractivity contribution is 1.53. The molecule has 0 spiro atoms. The van der Waals surface area contributed by atoms with Gasteiger partial charge in [-0.25, -0.2) is 0 Å². The molecule has 3 unspecified atom stereocenters. The lowest BCUT2D eigenvalue weighted by atomic mass is 10.2. The first-order valence-electron chi connectivity index (χ1n) is 3.02.